The first-order valence-electron chi connectivity index (χ1n) is 9.16. The molecular weight excluding hydrogens is 360 g/mol. The molecule has 1 heterocycles. The molecule has 0 radical (unpaired) electrons. The number of hydrogen-bond donors (Lipinski definition) is 0. The van der Waals surface area contributed by atoms with Crippen molar-refractivity contribution in [1.82, 2.24) is 0 Å². The smallest absolute Gasteiger partial charge is 0.118 e. The minimum Gasteiger partial charge on any atom is -0.361 e. The molecule has 5 heteroatoms. The summed E-state index contributed by atoms with van der Waals surface area (Å²) < 4.78 is 6.01. The summed E-state index contributed by atoms with van der Waals surface area (Å²) in [5.74, 6) is 0. The molecule has 0 N–H and O–H groups in total. The van der Waals surface area contributed by atoms with E-state index in [0.717, 1.165) is 47.2 Å². The quantitative estimate of drug-likeness (QED) is 0.496. The van der Waals surface area contributed by atoms with Crippen molar-refractivity contribution in [2.45, 2.75) is 25.7 Å². The molecule has 0 saturated heterocycles. The van der Waals surface area contributed by atoms with E-state index in [2.05, 4.69) is 42.7 Å². The van der Waals surface area contributed by atoms with Gasteiger partial charge in [-0.15, -0.1) is 0 Å². The number of hydrogen-bond acceptors (Lipinski definition) is 3. The van der Waals surface area contributed by atoms with Crippen molar-refractivity contribution < 1.29 is 4.74 Å². The van der Waals surface area contributed by atoms with Gasteiger partial charge in [-0.2, -0.15) is 0 Å². The topological polar surface area (TPSA) is 24.8 Å². The maximum atomic E-state index is 6.31. The van der Waals surface area contributed by atoms with Crippen molar-refractivity contribution in [3.05, 3.63) is 64.7 Å². The highest BCUT2D eigenvalue weighted by atomic mass is 35.5. The normalized spacial score (nSPS) is 14.6. The fourth-order valence-electron chi connectivity index (χ4n) is 2.99. The Kier molecular flexibility index (Phi) is 6.17. The molecule has 0 aliphatic carbocycles. The largest absolute Gasteiger partial charge is 0.361 e. The van der Waals surface area contributed by atoms with E-state index in [9.17, 15) is 0 Å². The highest BCUT2D eigenvalue weighted by Gasteiger charge is 2.20. The van der Waals surface area contributed by atoms with Crippen molar-refractivity contribution >= 4 is 31.1 Å². The highest BCUT2D eigenvalue weighted by Crippen LogP contribution is 2.29. The summed E-state index contributed by atoms with van der Waals surface area (Å²) in [5.41, 5.74) is 4.35. The predicted octanol–water partition coefficient (Wildman–Crippen LogP) is 5.31. The van der Waals surface area contributed by atoms with Gasteiger partial charge >= 0.3 is 0 Å². The fourth-order valence-corrected chi connectivity index (χ4v) is 3.92. The second kappa shape index (κ2) is 8.38. The second-order valence-electron chi connectivity index (χ2n) is 7.87. The monoisotopic (exact) mass is 386 g/mol. The third-order valence-electron chi connectivity index (χ3n) is 4.48. The average Bonchev–Trinajstić information content (AvgIpc) is 2.78. The lowest BCUT2D eigenvalue weighted by Gasteiger charge is -2.25. The molecule has 0 atom stereocenters. The van der Waals surface area contributed by atoms with Gasteiger partial charge < -0.3 is 9.64 Å². The van der Waals surface area contributed by atoms with E-state index < -0.39 is 8.07 Å². The maximum absolute atomic E-state index is 6.31. The number of benzene rings is 2. The summed E-state index contributed by atoms with van der Waals surface area (Å²) in [6, 6.07) is 17.6. The highest BCUT2D eigenvalue weighted by molar-refractivity contribution is 6.76. The van der Waals surface area contributed by atoms with Gasteiger partial charge in [-0.05, 0) is 24.2 Å². The lowest BCUT2D eigenvalue weighted by molar-refractivity contribution is 0.147. The van der Waals surface area contributed by atoms with Crippen LogP contribution in [0.1, 0.15) is 11.1 Å². The summed E-state index contributed by atoms with van der Waals surface area (Å²) in [6.07, 6.45) is 0. The van der Waals surface area contributed by atoms with Crippen LogP contribution in [-0.4, -0.2) is 40.2 Å². The Bertz CT molecular complexity index is 771. The van der Waals surface area contributed by atoms with E-state index >= 15 is 0 Å². The van der Waals surface area contributed by atoms with Crippen LogP contribution in [0.4, 0.5) is 5.69 Å². The standard InChI is InChI=1S/C21H27ClN2OSi/c1-26(2,3)14-13-25-16-24-12-11-23-21(17-7-5-4-6-8-17)19-15-18(22)9-10-20(19)24/h4-10,15H,11-14,16H2,1-3H3. The molecule has 0 unspecified atom stereocenters. The third kappa shape index (κ3) is 4.97. The van der Waals surface area contributed by atoms with Gasteiger partial charge in [-0.3, -0.25) is 4.99 Å². The molecular formula is C21H27ClN2OSi. The van der Waals surface area contributed by atoms with E-state index in [4.69, 9.17) is 21.3 Å². The van der Waals surface area contributed by atoms with E-state index in [1.807, 2.05) is 30.3 Å². The van der Waals surface area contributed by atoms with E-state index in [1.165, 1.54) is 6.04 Å². The van der Waals surface area contributed by atoms with Crippen LogP contribution in [0.2, 0.25) is 30.7 Å². The van der Waals surface area contributed by atoms with Crippen molar-refractivity contribution in [2.75, 3.05) is 31.3 Å². The zero-order chi connectivity index (χ0) is 18.6. The van der Waals surface area contributed by atoms with Gasteiger partial charge in [0.15, 0.2) is 0 Å². The van der Waals surface area contributed by atoms with E-state index in [0.29, 0.717) is 6.73 Å². The maximum Gasteiger partial charge on any atom is 0.118 e. The van der Waals surface area contributed by atoms with Gasteiger partial charge in [0, 0.05) is 43.1 Å². The number of ether oxygens (including phenoxy) is 1. The van der Waals surface area contributed by atoms with Crippen molar-refractivity contribution in [3.8, 4) is 0 Å². The van der Waals surface area contributed by atoms with Gasteiger partial charge in [0.1, 0.15) is 6.73 Å². The summed E-state index contributed by atoms with van der Waals surface area (Å²) in [6.45, 7) is 10.1. The van der Waals surface area contributed by atoms with E-state index in [-0.39, 0.29) is 0 Å². The summed E-state index contributed by atoms with van der Waals surface area (Å²) in [5, 5.41) is 0.730. The number of halogens is 1. The van der Waals surface area contributed by atoms with Gasteiger partial charge in [0.2, 0.25) is 0 Å². The number of anilines is 1. The molecule has 26 heavy (non-hydrogen) atoms. The van der Waals surface area contributed by atoms with Crippen LogP contribution < -0.4 is 4.90 Å². The molecule has 0 spiro atoms. The average molecular weight is 387 g/mol. The molecule has 1 aliphatic heterocycles. The number of nitrogens with zero attached hydrogens (tertiary/aromatic N) is 2. The minimum absolute atomic E-state index is 0.594. The number of rotatable bonds is 6. The first-order chi connectivity index (χ1) is 12.4. The number of aliphatic imine (C=N–C) groups is 1. The van der Waals surface area contributed by atoms with E-state index in [1.54, 1.807) is 0 Å². The van der Waals surface area contributed by atoms with Crippen molar-refractivity contribution in [3.63, 3.8) is 0 Å². The van der Waals surface area contributed by atoms with Crippen LogP contribution in [0.3, 0.4) is 0 Å². The van der Waals surface area contributed by atoms with Crippen molar-refractivity contribution in [1.29, 1.82) is 0 Å². The number of benzodiazepines with no additional fused rings is 1. The molecule has 0 saturated carbocycles. The van der Waals surface area contributed by atoms with Crippen LogP contribution in [0.5, 0.6) is 0 Å². The molecule has 2 aromatic rings. The molecule has 3 nitrogen and oxygen atoms in total. The van der Waals surface area contributed by atoms with Crippen LogP contribution in [0, 0.1) is 0 Å². The minimum atomic E-state index is -1.07. The Hall–Kier alpha value is -1.62. The Labute approximate surface area is 162 Å². The SMILES string of the molecule is C[Si](C)(C)CCOCN1CCN=C(c2ccccc2)c2cc(Cl)ccc21. The van der Waals surface area contributed by atoms with Crippen LogP contribution >= 0.6 is 11.6 Å². The van der Waals surface area contributed by atoms with Gasteiger partial charge in [-0.25, -0.2) is 0 Å². The van der Waals surface area contributed by atoms with Crippen LogP contribution in [-0.2, 0) is 4.74 Å². The Morgan fingerprint density at radius 2 is 1.88 bits per heavy atom. The summed E-state index contributed by atoms with van der Waals surface area (Å²) >= 11 is 6.31. The van der Waals surface area contributed by atoms with Crippen LogP contribution in [0.15, 0.2) is 53.5 Å². The molecule has 0 bridgehead atoms. The molecule has 138 valence electrons. The molecule has 0 fully saturated rings. The summed E-state index contributed by atoms with van der Waals surface area (Å²) in [4.78, 5) is 7.13. The zero-order valence-electron chi connectivity index (χ0n) is 15.8. The molecule has 2 aromatic carbocycles. The molecule has 3 rings (SSSR count). The molecule has 1 aliphatic rings. The Morgan fingerprint density at radius 1 is 1.12 bits per heavy atom. The van der Waals surface area contributed by atoms with Gasteiger partial charge in [-0.1, -0.05) is 61.6 Å². The van der Waals surface area contributed by atoms with Crippen molar-refractivity contribution in [2.24, 2.45) is 4.99 Å². The Morgan fingerprint density at radius 3 is 2.62 bits per heavy atom. The first-order valence-corrected chi connectivity index (χ1v) is 13.2. The number of fused-ring (bicyclic) bond motifs is 1. The Balaban J connectivity index is 1.82. The first kappa shape index (κ1) is 19.1. The predicted molar refractivity (Wildman–Crippen MR) is 115 cm³/mol. The third-order valence-corrected chi connectivity index (χ3v) is 6.42. The molecule has 0 amide bonds. The summed E-state index contributed by atoms with van der Waals surface area (Å²) in [7, 11) is -1.07. The lowest BCUT2D eigenvalue weighted by atomic mass is 10.0. The zero-order valence-corrected chi connectivity index (χ0v) is 17.6. The van der Waals surface area contributed by atoms with Crippen LogP contribution in [0.25, 0.3) is 0 Å². The molecule has 0 aromatic heterocycles. The second-order valence-corrected chi connectivity index (χ2v) is 13.9. The van der Waals surface area contributed by atoms with Gasteiger partial charge in [0.25, 0.3) is 0 Å². The van der Waals surface area contributed by atoms with Gasteiger partial charge in [0.05, 0.1) is 12.3 Å². The fraction of sp³-hybridized carbons (Fsp3) is 0.381. The lowest BCUT2D eigenvalue weighted by Crippen LogP contribution is -2.30.